The van der Waals surface area contributed by atoms with Crippen molar-refractivity contribution in [2.45, 2.75) is 13.3 Å². The van der Waals surface area contributed by atoms with Crippen LogP contribution in [0.1, 0.15) is 22.3 Å². The van der Waals surface area contributed by atoms with Crippen molar-refractivity contribution >= 4 is 5.91 Å². The first-order valence-electron chi connectivity index (χ1n) is 6.25. The van der Waals surface area contributed by atoms with Gasteiger partial charge in [0.15, 0.2) is 0 Å². The molecule has 4 heteroatoms. The summed E-state index contributed by atoms with van der Waals surface area (Å²) >= 11 is 0. The number of benzene rings is 1. The predicted octanol–water partition coefficient (Wildman–Crippen LogP) is 1.45. The number of aryl methyl sites for hydroxylation is 1. The van der Waals surface area contributed by atoms with Gasteiger partial charge >= 0.3 is 0 Å². The molecule has 0 atom stereocenters. The molecule has 0 fully saturated rings. The van der Waals surface area contributed by atoms with Crippen LogP contribution in [0.4, 0.5) is 0 Å². The van der Waals surface area contributed by atoms with Crippen molar-refractivity contribution in [2.24, 2.45) is 0 Å². The molecule has 1 aliphatic heterocycles. The zero-order chi connectivity index (χ0) is 12.8. The van der Waals surface area contributed by atoms with E-state index in [0.717, 1.165) is 30.8 Å². The molecule has 0 aromatic heterocycles. The summed E-state index contributed by atoms with van der Waals surface area (Å²) in [6.45, 7) is 4.52. The molecule has 0 spiro atoms. The van der Waals surface area contributed by atoms with Gasteiger partial charge in [0, 0.05) is 31.1 Å². The first-order chi connectivity index (χ1) is 8.75. The van der Waals surface area contributed by atoms with Gasteiger partial charge in [-0.3, -0.25) is 4.79 Å². The third-order valence-electron chi connectivity index (χ3n) is 2.89. The van der Waals surface area contributed by atoms with Crippen LogP contribution < -0.4 is 10.6 Å². The smallest absolute Gasteiger partial charge is 0.251 e. The summed E-state index contributed by atoms with van der Waals surface area (Å²) in [5, 5.41) is 6.05. The molecule has 1 amide bonds. The summed E-state index contributed by atoms with van der Waals surface area (Å²) < 4.78 is 0. The maximum atomic E-state index is 11.8. The van der Waals surface area contributed by atoms with Gasteiger partial charge in [0.05, 0.1) is 6.67 Å². The predicted molar refractivity (Wildman–Crippen MR) is 72.0 cm³/mol. The van der Waals surface area contributed by atoms with E-state index in [1.54, 1.807) is 0 Å². The Balaban J connectivity index is 1.70. The molecular formula is C14H19N3O. The Morgan fingerprint density at radius 1 is 1.50 bits per heavy atom. The summed E-state index contributed by atoms with van der Waals surface area (Å²) in [4.78, 5) is 14.0. The summed E-state index contributed by atoms with van der Waals surface area (Å²) in [7, 11) is 0. The summed E-state index contributed by atoms with van der Waals surface area (Å²) in [6.07, 6.45) is 4.91. The normalized spacial score (nSPS) is 13.5. The van der Waals surface area contributed by atoms with Crippen LogP contribution in [0.15, 0.2) is 36.7 Å². The monoisotopic (exact) mass is 245 g/mol. The first kappa shape index (κ1) is 12.5. The number of nitrogens with zero attached hydrogens (tertiary/aromatic N) is 1. The second kappa shape index (κ2) is 6.10. The Hall–Kier alpha value is -1.97. The molecule has 1 aromatic carbocycles. The van der Waals surface area contributed by atoms with Crippen molar-refractivity contribution in [1.29, 1.82) is 0 Å². The quantitative estimate of drug-likeness (QED) is 0.772. The molecule has 0 radical (unpaired) electrons. The topological polar surface area (TPSA) is 44.4 Å². The molecule has 0 unspecified atom stereocenters. The van der Waals surface area contributed by atoms with Crippen LogP contribution in [0.3, 0.4) is 0 Å². The zero-order valence-electron chi connectivity index (χ0n) is 10.6. The summed E-state index contributed by atoms with van der Waals surface area (Å²) in [5.41, 5.74) is 1.84. The van der Waals surface area contributed by atoms with Gasteiger partial charge in [0.1, 0.15) is 0 Å². The van der Waals surface area contributed by atoms with Crippen molar-refractivity contribution in [3.05, 3.63) is 47.8 Å². The second-order valence-corrected chi connectivity index (χ2v) is 4.47. The lowest BCUT2D eigenvalue weighted by molar-refractivity contribution is 0.0952. The van der Waals surface area contributed by atoms with Crippen LogP contribution in [0.2, 0.25) is 0 Å². The Morgan fingerprint density at radius 2 is 2.39 bits per heavy atom. The maximum absolute atomic E-state index is 11.8. The minimum absolute atomic E-state index is 0.00814. The number of nitrogens with one attached hydrogen (secondary N) is 2. The highest BCUT2D eigenvalue weighted by Gasteiger charge is 2.05. The van der Waals surface area contributed by atoms with Gasteiger partial charge in [-0.05, 0) is 25.5 Å². The van der Waals surface area contributed by atoms with Crippen LogP contribution >= 0.6 is 0 Å². The highest BCUT2D eigenvalue weighted by molar-refractivity contribution is 5.94. The molecule has 0 saturated carbocycles. The van der Waals surface area contributed by atoms with Crippen molar-refractivity contribution in [3.8, 4) is 0 Å². The van der Waals surface area contributed by atoms with Crippen molar-refractivity contribution < 1.29 is 4.79 Å². The van der Waals surface area contributed by atoms with Gasteiger partial charge < -0.3 is 15.5 Å². The van der Waals surface area contributed by atoms with E-state index in [1.165, 1.54) is 0 Å². The second-order valence-electron chi connectivity index (χ2n) is 4.47. The number of carbonyl (C=O) groups excluding carboxylic acids is 1. The minimum atomic E-state index is 0.00814. The largest absolute Gasteiger partial charge is 0.373 e. The lowest BCUT2D eigenvalue weighted by Gasteiger charge is -2.14. The van der Waals surface area contributed by atoms with E-state index in [1.807, 2.05) is 43.6 Å². The Morgan fingerprint density at radius 3 is 3.11 bits per heavy atom. The Kier molecular flexibility index (Phi) is 4.23. The van der Waals surface area contributed by atoms with Crippen LogP contribution in [-0.4, -0.2) is 30.6 Å². The lowest BCUT2D eigenvalue weighted by atomic mass is 10.1. The van der Waals surface area contributed by atoms with Gasteiger partial charge in [-0.25, -0.2) is 0 Å². The molecule has 4 nitrogen and oxygen atoms in total. The highest BCUT2D eigenvalue weighted by Crippen LogP contribution is 2.03. The average Bonchev–Trinajstić information content (AvgIpc) is 2.87. The first-order valence-corrected chi connectivity index (χ1v) is 6.25. The lowest BCUT2D eigenvalue weighted by Crippen LogP contribution is -2.28. The minimum Gasteiger partial charge on any atom is -0.373 e. The summed E-state index contributed by atoms with van der Waals surface area (Å²) in [6, 6.07) is 7.65. The van der Waals surface area contributed by atoms with Gasteiger partial charge in [-0.2, -0.15) is 0 Å². The van der Waals surface area contributed by atoms with Crippen LogP contribution in [0.5, 0.6) is 0 Å². The van der Waals surface area contributed by atoms with Gasteiger partial charge in [0.2, 0.25) is 0 Å². The number of amides is 1. The standard InChI is InChI=1S/C14H19N3O/c1-12-4-2-5-13(10-12)14(18)16-6-3-8-17-9-7-15-11-17/h2,4-5,7,9-10,15H,3,6,8,11H2,1H3,(H,16,18). The third kappa shape index (κ3) is 3.52. The van der Waals surface area contributed by atoms with E-state index >= 15 is 0 Å². The van der Waals surface area contributed by atoms with Crippen molar-refractivity contribution in [2.75, 3.05) is 19.8 Å². The molecule has 2 N–H and O–H groups in total. The number of hydrogen-bond acceptors (Lipinski definition) is 3. The van der Waals surface area contributed by atoms with Crippen LogP contribution in [-0.2, 0) is 0 Å². The fourth-order valence-corrected chi connectivity index (χ4v) is 1.91. The number of carbonyl (C=O) groups is 1. The third-order valence-corrected chi connectivity index (χ3v) is 2.89. The molecule has 0 bridgehead atoms. The molecular weight excluding hydrogens is 226 g/mol. The highest BCUT2D eigenvalue weighted by atomic mass is 16.1. The molecule has 1 aliphatic rings. The van der Waals surface area contributed by atoms with E-state index in [0.29, 0.717) is 6.54 Å². The molecule has 1 heterocycles. The maximum Gasteiger partial charge on any atom is 0.251 e. The zero-order valence-corrected chi connectivity index (χ0v) is 10.6. The molecule has 96 valence electrons. The summed E-state index contributed by atoms with van der Waals surface area (Å²) in [5.74, 6) is 0.00814. The van der Waals surface area contributed by atoms with Crippen LogP contribution in [0.25, 0.3) is 0 Å². The van der Waals surface area contributed by atoms with E-state index in [-0.39, 0.29) is 5.91 Å². The van der Waals surface area contributed by atoms with Crippen molar-refractivity contribution in [1.82, 2.24) is 15.5 Å². The molecule has 1 aromatic rings. The SMILES string of the molecule is Cc1cccc(C(=O)NCCCN2C=CNC2)c1. The van der Waals surface area contributed by atoms with E-state index in [2.05, 4.69) is 15.5 Å². The van der Waals surface area contributed by atoms with Gasteiger partial charge in [-0.1, -0.05) is 17.7 Å². The van der Waals surface area contributed by atoms with E-state index in [4.69, 9.17) is 0 Å². The molecule has 0 aliphatic carbocycles. The Labute approximate surface area is 108 Å². The fourth-order valence-electron chi connectivity index (χ4n) is 1.91. The van der Waals surface area contributed by atoms with Gasteiger partial charge in [0.25, 0.3) is 5.91 Å². The fraction of sp³-hybridized carbons (Fsp3) is 0.357. The molecule has 18 heavy (non-hydrogen) atoms. The number of hydrogen-bond donors (Lipinski definition) is 2. The van der Waals surface area contributed by atoms with E-state index < -0.39 is 0 Å². The number of rotatable bonds is 5. The molecule has 2 rings (SSSR count). The van der Waals surface area contributed by atoms with Crippen LogP contribution in [0, 0.1) is 6.92 Å². The Bertz CT molecular complexity index is 442. The van der Waals surface area contributed by atoms with E-state index in [9.17, 15) is 4.79 Å². The average molecular weight is 245 g/mol. The van der Waals surface area contributed by atoms with Gasteiger partial charge in [-0.15, -0.1) is 0 Å². The van der Waals surface area contributed by atoms with Crippen molar-refractivity contribution in [3.63, 3.8) is 0 Å². The molecule has 0 saturated heterocycles.